The molecule has 4 heterocycles. The number of fused-ring (bicyclic) bond motifs is 14. The van der Waals surface area contributed by atoms with E-state index in [1.165, 1.54) is 72.2 Å². The Hall–Kier alpha value is -6.65. The van der Waals surface area contributed by atoms with Crippen LogP contribution in [0.15, 0.2) is 164 Å². The predicted octanol–water partition coefficient (Wildman–Crippen LogP) is 12.1. The SMILES string of the molecule is C1=CC2c3ccccc3N(c3cc(-c4ccc5c(c4)c4ccccc4c4nc6ccccc6n54)cc(-n4c5c(c6ccccc64)CCC=C5)c3)C2C=C1. The molecule has 3 aromatic heterocycles. The van der Waals surface area contributed by atoms with Crippen molar-refractivity contribution < 1.29 is 0 Å². The summed E-state index contributed by atoms with van der Waals surface area (Å²) in [4.78, 5) is 7.69. The zero-order valence-electron chi connectivity index (χ0n) is 29.0. The molecule has 9 aromatic rings. The molecule has 2 atom stereocenters. The van der Waals surface area contributed by atoms with E-state index >= 15 is 0 Å². The number of hydrogen-bond donors (Lipinski definition) is 0. The summed E-state index contributed by atoms with van der Waals surface area (Å²) in [6.07, 6.45) is 15.9. The highest BCUT2D eigenvalue weighted by atomic mass is 15.2. The van der Waals surface area contributed by atoms with Gasteiger partial charge < -0.3 is 9.47 Å². The number of para-hydroxylation sites is 4. The van der Waals surface area contributed by atoms with Gasteiger partial charge in [-0.25, -0.2) is 4.98 Å². The number of benzene rings is 6. The van der Waals surface area contributed by atoms with E-state index in [9.17, 15) is 0 Å². The minimum absolute atomic E-state index is 0.207. The third-order valence-electron chi connectivity index (χ3n) is 11.8. The van der Waals surface area contributed by atoms with Gasteiger partial charge in [-0.1, -0.05) is 109 Å². The summed E-state index contributed by atoms with van der Waals surface area (Å²) in [5.41, 5.74) is 15.7. The topological polar surface area (TPSA) is 25.5 Å². The maximum atomic E-state index is 5.12. The maximum absolute atomic E-state index is 5.12. The standard InChI is InChI=1S/C49H34N4/c1-2-18-40-35(13-1)41-29-31(25-26-47(41)53-48-24-12-7-19-42(48)50-49(40)53)32-27-33(51-43-20-8-3-14-36(43)37-15-4-9-21-44(37)51)30-34(28-32)52-45-22-10-5-16-38(45)39-17-6-11-23-46(39)52/h1-5,7-16,18-30,36,43H,6,17H2. The van der Waals surface area contributed by atoms with Crippen LogP contribution >= 0.6 is 0 Å². The fourth-order valence-corrected chi connectivity index (χ4v) is 9.58. The molecule has 4 heteroatoms. The Labute approximate surface area is 306 Å². The summed E-state index contributed by atoms with van der Waals surface area (Å²) >= 11 is 0. The van der Waals surface area contributed by atoms with Crippen molar-refractivity contribution in [1.29, 1.82) is 0 Å². The molecule has 4 nitrogen and oxygen atoms in total. The molecule has 0 radical (unpaired) electrons. The fourth-order valence-electron chi connectivity index (χ4n) is 9.58. The first-order valence-corrected chi connectivity index (χ1v) is 18.7. The summed E-state index contributed by atoms with van der Waals surface area (Å²) in [5, 5.41) is 4.95. The minimum atomic E-state index is 0.207. The van der Waals surface area contributed by atoms with Crippen molar-refractivity contribution in [2.24, 2.45) is 0 Å². The number of nitrogens with zero attached hydrogens (tertiary/aromatic N) is 4. The molecule has 0 saturated heterocycles. The zero-order valence-corrected chi connectivity index (χ0v) is 29.0. The quantitative estimate of drug-likeness (QED) is 0.174. The molecule has 12 rings (SSSR count). The second-order valence-electron chi connectivity index (χ2n) is 14.6. The number of allylic oxidation sites excluding steroid dienone is 3. The molecule has 53 heavy (non-hydrogen) atoms. The Morgan fingerprint density at radius 3 is 2.30 bits per heavy atom. The molecule has 6 aromatic carbocycles. The van der Waals surface area contributed by atoms with Gasteiger partial charge in [0, 0.05) is 44.8 Å². The molecule has 3 aliphatic rings. The number of aromatic nitrogens is 3. The van der Waals surface area contributed by atoms with Crippen molar-refractivity contribution >= 4 is 66.7 Å². The molecule has 0 spiro atoms. The number of aryl methyl sites for hydroxylation is 1. The first kappa shape index (κ1) is 29.0. The fraction of sp³-hybridized carbons (Fsp3) is 0.0816. The monoisotopic (exact) mass is 678 g/mol. The van der Waals surface area contributed by atoms with Crippen LogP contribution < -0.4 is 4.90 Å². The molecule has 0 N–H and O–H groups in total. The second kappa shape index (κ2) is 10.9. The Morgan fingerprint density at radius 2 is 1.36 bits per heavy atom. The van der Waals surface area contributed by atoms with E-state index in [2.05, 4.69) is 184 Å². The van der Waals surface area contributed by atoms with E-state index in [4.69, 9.17) is 4.98 Å². The summed E-state index contributed by atoms with van der Waals surface area (Å²) in [7, 11) is 0. The number of rotatable bonds is 3. The molecule has 0 bridgehead atoms. The molecule has 250 valence electrons. The lowest BCUT2D eigenvalue weighted by Gasteiger charge is -2.30. The first-order valence-electron chi connectivity index (χ1n) is 18.7. The van der Waals surface area contributed by atoms with Crippen LogP contribution in [0.1, 0.15) is 29.2 Å². The smallest absolute Gasteiger partial charge is 0.146 e. The van der Waals surface area contributed by atoms with E-state index in [0.29, 0.717) is 5.92 Å². The van der Waals surface area contributed by atoms with Gasteiger partial charge in [-0.05, 0) is 101 Å². The highest BCUT2D eigenvalue weighted by Crippen LogP contribution is 2.49. The first-order chi connectivity index (χ1) is 26.3. The molecule has 1 aliphatic heterocycles. The Kier molecular flexibility index (Phi) is 5.98. The normalized spacial score (nSPS) is 17.4. The molecule has 2 aliphatic carbocycles. The van der Waals surface area contributed by atoms with Crippen LogP contribution in [0.25, 0.3) is 72.1 Å². The van der Waals surface area contributed by atoms with Crippen LogP contribution in [-0.2, 0) is 6.42 Å². The van der Waals surface area contributed by atoms with Crippen LogP contribution in [0.5, 0.6) is 0 Å². The van der Waals surface area contributed by atoms with Gasteiger partial charge in [0.2, 0.25) is 0 Å². The lowest BCUT2D eigenvalue weighted by Crippen LogP contribution is -2.28. The summed E-state index contributed by atoms with van der Waals surface area (Å²) < 4.78 is 4.84. The van der Waals surface area contributed by atoms with E-state index in [-0.39, 0.29) is 6.04 Å². The van der Waals surface area contributed by atoms with Gasteiger partial charge in [0.1, 0.15) is 5.65 Å². The average molecular weight is 679 g/mol. The third-order valence-corrected chi connectivity index (χ3v) is 11.8. The summed E-state index contributed by atoms with van der Waals surface area (Å²) in [6.45, 7) is 0. The van der Waals surface area contributed by atoms with Crippen LogP contribution in [0, 0.1) is 0 Å². The van der Waals surface area contributed by atoms with Crippen molar-refractivity contribution in [3.05, 3.63) is 181 Å². The Balaban J connectivity index is 1.15. The van der Waals surface area contributed by atoms with Crippen LogP contribution in [0.2, 0.25) is 0 Å². The van der Waals surface area contributed by atoms with Crippen molar-refractivity contribution in [2.75, 3.05) is 4.90 Å². The number of imidazole rings is 1. The van der Waals surface area contributed by atoms with Crippen molar-refractivity contribution in [1.82, 2.24) is 14.0 Å². The molecule has 0 fully saturated rings. The second-order valence-corrected chi connectivity index (χ2v) is 14.6. The molecule has 0 saturated carbocycles. The van der Waals surface area contributed by atoms with Gasteiger partial charge in [-0.15, -0.1) is 0 Å². The van der Waals surface area contributed by atoms with E-state index in [0.717, 1.165) is 34.9 Å². The summed E-state index contributed by atoms with van der Waals surface area (Å²) in [5.74, 6) is 0.311. The van der Waals surface area contributed by atoms with Gasteiger partial charge in [-0.2, -0.15) is 0 Å². The largest absolute Gasteiger partial charge is 0.333 e. The third kappa shape index (κ3) is 4.09. The van der Waals surface area contributed by atoms with Crippen molar-refractivity contribution in [2.45, 2.75) is 24.8 Å². The predicted molar refractivity (Wildman–Crippen MR) is 221 cm³/mol. The van der Waals surface area contributed by atoms with Gasteiger partial charge in [-0.3, -0.25) is 4.40 Å². The average Bonchev–Trinajstić information content (AvgIpc) is 3.89. The maximum Gasteiger partial charge on any atom is 0.146 e. The Bertz CT molecular complexity index is 3100. The molecular weight excluding hydrogens is 645 g/mol. The van der Waals surface area contributed by atoms with Gasteiger partial charge in [0.25, 0.3) is 0 Å². The van der Waals surface area contributed by atoms with Crippen LogP contribution in [0.3, 0.4) is 0 Å². The minimum Gasteiger partial charge on any atom is -0.333 e. The zero-order chi connectivity index (χ0) is 34.6. The van der Waals surface area contributed by atoms with Crippen LogP contribution in [-0.4, -0.2) is 20.0 Å². The number of anilines is 2. The lowest BCUT2D eigenvalue weighted by atomic mass is 9.91. The van der Waals surface area contributed by atoms with E-state index < -0.39 is 0 Å². The number of hydrogen-bond acceptors (Lipinski definition) is 2. The molecule has 2 unspecified atom stereocenters. The molecular formula is C49H34N4. The summed E-state index contributed by atoms with van der Waals surface area (Å²) in [6, 6.07) is 49.5. The van der Waals surface area contributed by atoms with E-state index in [1.807, 2.05) is 0 Å². The Morgan fingerprint density at radius 1 is 0.585 bits per heavy atom. The van der Waals surface area contributed by atoms with Crippen molar-refractivity contribution in [3.8, 4) is 16.8 Å². The van der Waals surface area contributed by atoms with Gasteiger partial charge >= 0.3 is 0 Å². The van der Waals surface area contributed by atoms with E-state index in [1.54, 1.807) is 0 Å². The van der Waals surface area contributed by atoms with Gasteiger partial charge in [0.15, 0.2) is 0 Å². The highest BCUT2D eigenvalue weighted by molar-refractivity contribution is 6.14. The highest BCUT2D eigenvalue weighted by Gasteiger charge is 2.37. The number of pyridine rings is 1. The van der Waals surface area contributed by atoms with Crippen molar-refractivity contribution in [3.63, 3.8) is 0 Å². The van der Waals surface area contributed by atoms with Crippen LogP contribution in [0.4, 0.5) is 11.4 Å². The molecule has 0 amide bonds. The lowest BCUT2D eigenvalue weighted by molar-refractivity contribution is 0.744. The van der Waals surface area contributed by atoms with Gasteiger partial charge in [0.05, 0.1) is 28.1 Å².